The summed E-state index contributed by atoms with van der Waals surface area (Å²) < 4.78 is 10.6. The third kappa shape index (κ3) is 3.92. The largest absolute Gasteiger partial charge is 0.484 e. The summed E-state index contributed by atoms with van der Waals surface area (Å²) in [5.74, 6) is 0.170. The molecule has 18 heavy (non-hydrogen) atoms. The van der Waals surface area contributed by atoms with Crippen molar-refractivity contribution in [3.05, 3.63) is 24.3 Å². The Bertz CT molecular complexity index is 403. The molecule has 1 heterocycles. The standard InChI is InChI=1S/C13H18N2O3/c14-13(16)9-18-12-3-1-2-11(8-12)15-10-4-6-17-7-5-10/h1-3,8,10,15H,4-7,9H2,(H2,14,16). The average molecular weight is 250 g/mol. The monoisotopic (exact) mass is 250 g/mol. The third-order valence-electron chi connectivity index (χ3n) is 2.81. The first-order valence-electron chi connectivity index (χ1n) is 6.09. The van der Waals surface area contributed by atoms with Gasteiger partial charge in [-0.3, -0.25) is 4.79 Å². The van der Waals surface area contributed by atoms with Gasteiger partial charge in [0.15, 0.2) is 6.61 Å². The van der Waals surface area contributed by atoms with Gasteiger partial charge in [0.1, 0.15) is 5.75 Å². The van der Waals surface area contributed by atoms with E-state index in [-0.39, 0.29) is 6.61 Å². The summed E-state index contributed by atoms with van der Waals surface area (Å²) in [7, 11) is 0. The molecule has 0 unspecified atom stereocenters. The van der Waals surface area contributed by atoms with Crippen LogP contribution in [0.4, 0.5) is 5.69 Å². The molecular formula is C13H18N2O3. The number of carbonyl (C=O) groups is 1. The van der Waals surface area contributed by atoms with Crippen molar-refractivity contribution in [3.8, 4) is 5.75 Å². The topological polar surface area (TPSA) is 73.6 Å². The normalized spacial score (nSPS) is 16.2. The highest BCUT2D eigenvalue weighted by Gasteiger charge is 2.13. The molecule has 3 N–H and O–H groups in total. The van der Waals surface area contributed by atoms with Gasteiger partial charge in [-0.05, 0) is 25.0 Å². The van der Waals surface area contributed by atoms with Gasteiger partial charge in [-0.2, -0.15) is 0 Å². The van der Waals surface area contributed by atoms with Crippen LogP contribution in [-0.2, 0) is 9.53 Å². The fourth-order valence-electron chi connectivity index (χ4n) is 1.91. The molecule has 0 aliphatic carbocycles. The second-order valence-electron chi connectivity index (χ2n) is 4.31. The van der Waals surface area contributed by atoms with Crippen LogP contribution in [0.15, 0.2) is 24.3 Å². The maximum Gasteiger partial charge on any atom is 0.255 e. The van der Waals surface area contributed by atoms with Crippen molar-refractivity contribution < 1.29 is 14.3 Å². The number of nitrogens with two attached hydrogens (primary N) is 1. The Morgan fingerprint density at radius 2 is 2.22 bits per heavy atom. The Kier molecular flexibility index (Phi) is 4.41. The summed E-state index contributed by atoms with van der Waals surface area (Å²) in [5, 5.41) is 3.43. The first-order chi connectivity index (χ1) is 8.74. The minimum absolute atomic E-state index is 0.0965. The third-order valence-corrected chi connectivity index (χ3v) is 2.81. The van der Waals surface area contributed by atoms with E-state index in [4.69, 9.17) is 15.2 Å². The molecular weight excluding hydrogens is 232 g/mol. The van der Waals surface area contributed by atoms with E-state index in [0.29, 0.717) is 11.8 Å². The van der Waals surface area contributed by atoms with Gasteiger partial charge < -0.3 is 20.5 Å². The molecule has 98 valence electrons. The summed E-state index contributed by atoms with van der Waals surface area (Å²) in [4.78, 5) is 10.6. The highest BCUT2D eigenvalue weighted by molar-refractivity contribution is 5.75. The molecule has 0 bridgehead atoms. The number of anilines is 1. The molecule has 1 fully saturated rings. The molecule has 2 rings (SSSR count). The van der Waals surface area contributed by atoms with E-state index in [1.165, 1.54) is 0 Å². The van der Waals surface area contributed by atoms with E-state index in [1.807, 2.05) is 18.2 Å². The summed E-state index contributed by atoms with van der Waals surface area (Å²) in [6.07, 6.45) is 2.01. The van der Waals surface area contributed by atoms with Crippen LogP contribution >= 0.6 is 0 Å². The van der Waals surface area contributed by atoms with Gasteiger partial charge in [0.2, 0.25) is 0 Å². The molecule has 5 nitrogen and oxygen atoms in total. The number of nitrogens with one attached hydrogen (secondary N) is 1. The smallest absolute Gasteiger partial charge is 0.255 e. The van der Waals surface area contributed by atoms with Gasteiger partial charge >= 0.3 is 0 Å². The van der Waals surface area contributed by atoms with Crippen LogP contribution in [0.25, 0.3) is 0 Å². The molecule has 0 atom stereocenters. The van der Waals surface area contributed by atoms with Crippen LogP contribution < -0.4 is 15.8 Å². The SMILES string of the molecule is NC(=O)COc1cccc(NC2CCOCC2)c1. The first-order valence-corrected chi connectivity index (χ1v) is 6.09. The highest BCUT2D eigenvalue weighted by atomic mass is 16.5. The second kappa shape index (κ2) is 6.26. The van der Waals surface area contributed by atoms with Crippen LogP contribution in [0.1, 0.15) is 12.8 Å². The molecule has 5 heteroatoms. The molecule has 1 aliphatic heterocycles. The van der Waals surface area contributed by atoms with Crippen molar-refractivity contribution in [2.24, 2.45) is 5.73 Å². The number of ether oxygens (including phenoxy) is 2. The minimum atomic E-state index is -0.474. The van der Waals surface area contributed by atoms with Crippen LogP contribution in [0.3, 0.4) is 0 Å². The number of hydrogen-bond donors (Lipinski definition) is 2. The van der Waals surface area contributed by atoms with Gasteiger partial charge in [-0.1, -0.05) is 6.07 Å². The summed E-state index contributed by atoms with van der Waals surface area (Å²) in [5.41, 5.74) is 6.02. The van der Waals surface area contributed by atoms with Crippen LogP contribution in [0.5, 0.6) is 5.75 Å². The Balaban J connectivity index is 1.91. The zero-order chi connectivity index (χ0) is 12.8. The van der Waals surface area contributed by atoms with Crippen molar-refractivity contribution in [3.63, 3.8) is 0 Å². The lowest BCUT2D eigenvalue weighted by Crippen LogP contribution is -2.27. The number of benzene rings is 1. The fraction of sp³-hybridized carbons (Fsp3) is 0.462. The van der Waals surface area contributed by atoms with Crippen molar-refractivity contribution in [2.75, 3.05) is 25.1 Å². The fourth-order valence-corrected chi connectivity index (χ4v) is 1.91. The van der Waals surface area contributed by atoms with Crippen molar-refractivity contribution in [1.29, 1.82) is 0 Å². The van der Waals surface area contributed by atoms with Gasteiger partial charge in [0.25, 0.3) is 5.91 Å². The second-order valence-corrected chi connectivity index (χ2v) is 4.31. The molecule has 1 aromatic carbocycles. The highest BCUT2D eigenvalue weighted by Crippen LogP contribution is 2.20. The number of hydrogen-bond acceptors (Lipinski definition) is 4. The molecule has 0 saturated carbocycles. The van der Waals surface area contributed by atoms with Crippen LogP contribution in [0, 0.1) is 0 Å². The Morgan fingerprint density at radius 1 is 1.44 bits per heavy atom. The molecule has 0 radical (unpaired) electrons. The van der Waals surface area contributed by atoms with E-state index in [0.717, 1.165) is 31.7 Å². The number of carbonyl (C=O) groups excluding carboxylic acids is 1. The van der Waals surface area contributed by atoms with E-state index in [1.54, 1.807) is 6.07 Å². The molecule has 1 saturated heterocycles. The number of amides is 1. The molecule has 0 aromatic heterocycles. The van der Waals surface area contributed by atoms with Gasteiger partial charge in [-0.15, -0.1) is 0 Å². The summed E-state index contributed by atoms with van der Waals surface area (Å²) in [6.45, 7) is 1.51. The molecule has 1 aromatic rings. The van der Waals surface area contributed by atoms with E-state index in [2.05, 4.69) is 5.32 Å². The Morgan fingerprint density at radius 3 is 2.94 bits per heavy atom. The van der Waals surface area contributed by atoms with Gasteiger partial charge in [0, 0.05) is 31.0 Å². The number of rotatable bonds is 5. The minimum Gasteiger partial charge on any atom is -0.484 e. The lowest BCUT2D eigenvalue weighted by Gasteiger charge is -2.24. The zero-order valence-electron chi connectivity index (χ0n) is 10.2. The van der Waals surface area contributed by atoms with Gasteiger partial charge in [-0.25, -0.2) is 0 Å². The zero-order valence-corrected chi connectivity index (χ0v) is 10.2. The lowest BCUT2D eigenvalue weighted by molar-refractivity contribution is -0.119. The molecule has 1 amide bonds. The van der Waals surface area contributed by atoms with Crippen molar-refractivity contribution in [2.45, 2.75) is 18.9 Å². The van der Waals surface area contributed by atoms with E-state index >= 15 is 0 Å². The van der Waals surface area contributed by atoms with Crippen LogP contribution in [-0.4, -0.2) is 31.8 Å². The lowest BCUT2D eigenvalue weighted by atomic mass is 10.1. The average Bonchev–Trinajstić information content (AvgIpc) is 2.38. The molecule has 0 spiro atoms. The van der Waals surface area contributed by atoms with Crippen molar-refractivity contribution in [1.82, 2.24) is 0 Å². The summed E-state index contributed by atoms with van der Waals surface area (Å²) in [6, 6.07) is 7.98. The maximum atomic E-state index is 10.6. The van der Waals surface area contributed by atoms with E-state index < -0.39 is 5.91 Å². The Hall–Kier alpha value is -1.75. The van der Waals surface area contributed by atoms with Crippen molar-refractivity contribution >= 4 is 11.6 Å². The quantitative estimate of drug-likeness (QED) is 0.822. The van der Waals surface area contributed by atoms with Gasteiger partial charge in [0.05, 0.1) is 0 Å². The Labute approximate surface area is 106 Å². The first kappa shape index (κ1) is 12.7. The van der Waals surface area contributed by atoms with Crippen LogP contribution in [0.2, 0.25) is 0 Å². The molecule has 1 aliphatic rings. The predicted octanol–water partition coefficient (Wildman–Crippen LogP) is 1.14. The van der Waals surface area contributed by atoms with E-state index in [9.17, 15) is 4.79 Å². The summed E-state index contributed by atoms with van der Waals surface area (Å²) >= 11 is 0. The number of primary amides is 1. The maximum absolute atomic E-state index is 10.6. The predicted molar refractivity (Wildman–Crippen MR) is 68.6 cm³/mol.